The molecule has 0 spiro atoms. The highest BCUT2D eigenvalue weighted by Gasteiger charge is 2.18. The number of amides is 2. The summed E-state index contributed by atoms with van der Waals surface area (Å²) in [6, 6.07) is -0.197. The third-order valence-electron chi connectivity index (χ3n) is 4.90. The fourth-order valence-electron chi connectivity index (χ4n) is 3.39. The first-order chi connectivity index (χ1) is 12.8. The van der Waals surface area contributed by atoms with Crippen LogP contribution in [0.4, 0.5) is 4.79 Å². The van der Waals surface area contributed by atoms with E-state index in [9.17, 15) is 9.59 Å². The predicted molar refractivity (Wildman–Crippen MR) is 110 cm³/mol. The Morgan fingerprint density at radius 1 is 1.00 bits per heavy atom. The summed E-state index contributed by atoms with van der Waals surface area (Å²) in [6.07, 6.45) is 12.9. The van der Waals surface area contributed by atoms with Crippen LogP contribution in [0.5, 0.6) is 0 Å². The first-order valence-corrected chi connectivity index (χ1v) is 10.8. The second-order valence-corrected chi connectivity index (χ2v) is 8.79. The SMILES string of the molecule is CC(C)(C)OC(=O)NCCCC[C@@H](N)C(=O)NC1CCCCCCCCC1. The summed E-state index contributed by atoms with van der Waals surface area (Å²) in [5.74, 6) is -0.0304. The summed E-state index contributed by atoms with van der Waals surface area (Å²) < 4.78 is 5.19. The largest absolute Gasteiger partial charge is 0.444 e. The van der Waals surface area contributed by atoms with Crippen molar-refractivity contribution < 1.29 is 14.3 Å². The molecule has 27 heavy (non-hydrogen) atoms. The maximum absolute atomic E-state index is 12.4. The van der Waals surface area contributed by atoms with Crippen molar-refractivity contribution in [3.8, 4) is 0 Å². The van der Waals surface area contributed by atoms with E-state index in [0.29, 0.717) is 13.0 Å². The number of rotatable bonds is 7. The molecule has 0 saturated heterocycles. The normalized spacial score (nSPS) is 18.4. The van der Waals surface area contributed by atoms with Gasteiger partial charge < -0.3 is 21.1 Å². The van der Waals surface area contributed by atoms with Gasteiger partial charge in [-0.15, -0.1) is 0 Å². The smallest absolute Gasteiger partial charge is 0.407 e. The maximum Gasteiger partial charge on any atom is 0.407 e. The van der Waals surface area contributed by atoms with E-state index in [1.54, 1.807) is 0 Å². The number of alkyl carbamates (subject to hydrolysis) is 1. The number of ether oxygens (including phenoxy) is 1. The lowest BCUT2D eigenvalue weighted by atomic mass is 9.97. The molecule has 2 amide bonds. The third-order valence-corrected chi connectivity index (χ3v) is 4.90. The minimum Gasteiger partial charge on any atom is -0.444 e. The molecule has 4 N–H and O–H groups in total. The summed E-state index contributed by atoms with van der Waals surface area (Å²) in [6.45, 7) is 6.04. The van der Waals surface area contributed by atoms with Gasteiger partial charge >= 0.3 is 6.09 Å². The number of unbranched alkanes of at least 4 members (excludes halogenated alkanes) is 1. The molecule has 0 aliphatic heterocycles. The van der Waals surface area contributed by atoms with Gasteiger partial charge in [0, 0.05) is 12.6 Å². The number of nitrogens with two attached hydrogens (primary N) is 1. The maximum atomic E-state index is 12.4. The molecular weight excluding hydrogens is 342 g/mol. The van der Waals surface area contributed by atoms with Gasteiger partial charge in [0.2, 0.25) is 5.91 Å². The molecule has 1 aliphatic carbocycles. The Kier molecular flexibility index (Phi) is 11.4. The van der Waals surface area contributed by atoms with E-state index in [1.165, 1.54) is 44.9 Å². The van der Waals surface area contributed by atoms with E-state index in [1.807, 2.05) is 20.8 Å². The van der Waals surface area contributed by atoms with Crippen molar-refractivity contribution in [2.75, 3.05) is 6.54 Å². The van der Waals surface area contributed by atoms with Crippen LogP contribution < -0.4 is 16.4 Å². The van der Waals surface area contributed by atoms with Gasteiger partial charge in [0.25, 0.3) is 0 Å². The number of hydrogen-bond donors (Lipinski definition) is 3. The van der Waals surface area contributed by atoms with Gasteiger partial charge in [-0.3, -0.25) is 4.79 Å². The highest BCUT2D eigenvalue weighted by Crippen LogP contribution is 2.17. The summed E-state index contributed by atoms with van der Waals surface area (Å²) in [7, 11) is 0. The Labute approximate surface area is 165 Å². The van der Waals surface area contributed by atoms with Crippen molar-refractivity contribution in [3.05, 3.63) is 0 Å². The highest BCUT2D eigenvalue weighted by atomic mass is 16.6. The van der Waals surface area contributed by atoms with Gasteiger partial charge in [0.05, 0.1) is 6.04 Å². The lowest BCUT2D eigenvalue weighted by Gasteiger charge is -2.22. The molecule has 158 valence electrons. The zero-order valence-electron chi connectivity index (χ0n) is 17.6. The van der Waals surface area contributed by atoms with Gasteiger partial charge in [-0.1, -0.05) is 44.9 Å². The molecule has 0 aromatic heterocycles. The van der Waals surface area contributed by atoms with E-state index in [2.05, 4.69) is 10.6 Å². The van der Waals surface area contributed by atoms with Crippen molar-refractivity contribution in [1.29, 1.82) is 0 Å². The van der Waals surface area contributed by atoms with Crippen LogP contribution in [-0.2, 0) is 9.53 Å². The fraction of sp³-hybridized carbons (Fsp3) is 0.905. The standard InChI is InChI=1S/C21H41N3O3/c1-21(2,3)27-20(26)23-16-12-11-15-18(22)19(25)24-17-13-9-7-5-4-6-8-10-14-17/h17-18H,4-16,22H2,1-3H3,(H,23,26)(H,24,25)/t18-/m1/s1. The van der Waals surface area contributed by atoms with Crippen LogP contribution in [0.25, 0.3) is 0 Å². The lowest BCUT2D eigenvalue weighted by molar-refractivity contribution is -0.123. The molecule has 1 atom stereocenters. The summed E-state index contributed by atoms with van der Waals surface area (Å²) in [5, 5.41) is 5.89. The van der Waals surface area contributed by atoms with Crippen LogP contribution in [0.1, 0.15) is 97.8 Å². The quantitative estimate of drug-likeness (QED) is 0.579. The van der Waals surface area contributed by atoms with Crippen molar-refractivity contribution in [1.82, 2.24) is 10.6 Å². The number of nitrogens with one attached hydrogen (secondary N) is 2. The molecular formula is C21H41N3O3. The number of carbonyl (C=O) groups is 2. The van der Waals surface area contributed by atoms with Crippen molar-refractivity contribution >= 4 is 12.0 Å². The van der Waals surface area contributed by atoms with Gasteiger partial charge in [-0.2, -0.15) is 0 Å². The lowest BCUT2D eigenvalue weighted by Crippen LogP contribution is -2.45. The molecule has 1 rings (SSSR count). The molecule has 0 bridgehead atoms. The van der Waals surface area contributed by atoms with Crippen molar-refractivity contribution in [2.45, 2.75) is 116 Å². The topological polar surface area (TPSA) is 93.4 Å². The van der Waals surface area contributed by atoms with Crippen LogP contribution in [0.2, 0.25) is 0 Å². The van der Waals surface area contributed by atoms with Crippen LogP contribution in [-0.4, -0.2) is 36.2 Å². The Morgan fingerprint density at radius 3 is 2.11 bits per heavy atom. The summed E-state index contributed by atoms with van der Waals surface area (Å²) >= 11 is 0. The van der Waals surface area contributed by atoms with E-state index >= 15 is 0 Å². The van der Waals surface area contributed by atoms with Gasteiger partial charge in [-0.05, 0) is 52.9 Å². The van der Waals surface area contributed by atoms with Crippen molar-refractivity contribution in [2.24, 2.45) is 5.73 Å². The van der Waals surface area contributed by atoms with E-state index < -0.39 is 17.7 Å². The second kappa shape index (κ2) is 13.0. The first kappa shape index (κ1) is 23.7. The minimum atomic E-state index is -0.486. The van der Waals surface area contributed by atoms with E-state index in [4.69, 9.17) is 10.5 Å². The summed E-state index contributed by atoms with van der Waals surface area (Å²) in [5.41, 5.74) is 5.57. The first-order valence-electron chi connectivity index (χ1n) is 10.8. The molecule has 0 aromatic rings. The third kappa shape index (κ3) is 12.7. The highest BCUT2D eigenvalue weighted by molar-refractivity contribution is 5.81. The Morgan fingerprint density at radius 2 is 1.56 bits per heavy atom. The van der Waals surface area contributed by atoms with Crippen LogP contribution >= 0.6 is 0 Å². The Balaban J connectivity index is 2.18. The fourth-order valence-corrected chi connectivity index (χ4v) is 3.39. The predicted octanol–water partition coefficient (Wildman–Crippen LogP) is 4.02. The van der Waals surface area contributed by atoms with E-state index in [0.717, 1.165) is 25.7 Å². The van der Waals surface area contributed by atoms with Gasteiger partial charge in [0.15, 0.2) is 0 Å². The number of carbonyl (C=O) groups excluding carboxylic acids is 2. The van der Waals surface area contributed by atoms with E-state index in [-0.39, 0.29) is 11.9 Å². The average molecular weight is 384 g/mol. The molecule has 0 radical (unpaired) electrons. The molecule has 6 heteroatoms. The minimum absolute atomic E-state index is 0.0304. The molecule has 1 saturated carbocycles. The molecule has 0 heterocycles. The van der Waals surface area contributed by atoms with Crippen LogP contribution in [0.3, 0.4) is 0 Å². The summed E-state index contributed by atoms with van der Waals surface area (Å²) in [4.78, 5) is 23.9. The zero-order valence-corrected chi connectivity index (χ0v) is 17.6. The van der Waals surface area contributed by atoms with Gasteiger partial charge in [-0.25, -0.2) is 4.79 Å². The Hall–Kier alpha value is -1.30. The molecule has 1 aliphatic rings. The second-order valence-electron chi connectivity index (χ2n) is 8.79. The van der Waals surface area contributed by atoms with Crippen LogP contribution in [0.15, 0.2) is 0 Å². The number of hydrogen-bond acceptors (Lipinski definition) is 4. The average Bonchev–Trinajstić information content (AvgIpc) is 2.58. The molecule has 0 aromatic carbocycles. The molecule has 1 fully saturated rings. The monoisotopic (exact) mass is 383 g/mol. The molecule has 0 unspecified atom stereocenters. The zero-order chi connectivity index (χ0) is 20.1. The Bertz CT molecular complexity index is 425. The van der Waals surface area contributed by atoms with Crippen LogP contribution in [0, 0.1) is 0 Å². The van der Waals surface area contributed by atoms with Crippen molar-refractivity contribution in [3.63, 3.8) is 0 Å². The van der Waals surface area contributed by atoms with Gasteiger partial charge in [0.1, 0.15) is 5.60 Å². The molecule has 6 nitrogen and oxygen atoms in total.